The third-order valence-corrected chi connectivity index (χ3v) is 7.59. The molecule has 0 saturated carbocycles. The first-order valence-electron chi connectivity index (χ1n) is 10.4. The summed E-state index contributed by atoms with van der Waals surface area (Å²) in [6, 6.07) is 20.3. The molecule has 1 aliphatic rings. The Bertz CT molecular complexity index is 1340. The van der Waals surface area contributed by atoms with Gasteiger partial charge in [-0.2, -0.15) is 0 Å². The van der Waals surface area contributed by atoms with E-state index >= 15 is 0 Å². The van der Waals surface area contributed by atoms with Crippen LogP contribution in [0.5, 0.6) is 0 Å². The van der Waals surface area contributed by atoms with Crippen LogP contribution >= 0.6 is 0 Å². The van der Waals surface area contributed by atoms with E-state index in [0.717, 1.165) is 58.8 Å². The maximum absolute atomic E-state index is 11.3. The number of carbonyl (C=O) groups is 3. The number of allylic oxidation sites excluding steroid dienone is 4. The second-order valence-corrected chi connectivity index (χ2v) is 10.7. The minimum atomic E-state index is -0.991. The van der Waals surface area contributed by atoms with Gasteiger partial charge in [0, 0.05) is 25.8 Å². The largest absolute Gasteiger partial charge is 0 e. The molecule has 169 valence electrons. The van der Waals surface area contributed by atoms with Crippen molar-refractivity contribution in [3.63, 3.8) is 0 Å². The van der Waals surface area contributed by atoms with Gasteiger partial charge in [0.05, 0.1) is 0 Å². The van der Waals surface area contributed by atoms with Gasteiger partial charge in [0.15, 0.2) is 0 Å². The van der Waals surface area contributed by atoms with E-state index in [4.69, 9.17) is 0 Å². The summed E-state index contributed by atoms with van der Waals surface area (Å²) in [5.74, 6) is -2.96. The Hall–Kier alpha value is -2.48. The molecule has 3 aromatic rings. The molecule has 0 bridgehead atoms. The van der Waals surface area contributed by atoms with E-state index in [2.05, 4.69) is 6.08 Å². The molecule has 0 spiro atoms. The first kappa shape index (κ1) is 27.1. The van der Waals surface area contributed by atoms with Crippen LogP contribution < -0.4 is 0 Å². The van der Waals surface area contributed by atoms with Crippen molar-refractivity contribution >= 4 is 54.9 Å². The van der Waals surface area contributed by atoms with Crippen molar-refractivity contribution in [2.75, 3.05) is 0 Å². The van der Waals surface area contributed by atoms with Gasteiger partial charge in [0.2, 0.25) is 0 Å². The van der Waals surface area contributed by atoms with E-state index in [-0.39, 0.29) is 44.8 Å². The summed E-state index contributed by atoms with van der Waals surface area (Å²) in [5.41, 5.74) is 5.34. The van der Waals surface area contributed by atoms with Gasteiger partial charge in [-0.3, -0.25) is 0 Å². The van der Waals surface area contributed by atoms with Crippen LogP contribution in [0.2, 0.25) is 0 Å². The molecule has 6 nitrogen and oxygen atoms in total. The molecule has 1 aliphatic carbocycles. The first-order chi connectivity index (χ1) is 16.2. The summed E-state index contributed by atoms with van der Waals surface area (Å²) >= 11 is 0.814. The molecule has 3 N–H and O–H groups in total. The molecule has 0 fully saturated rings. The average molecular weight is 643 g/mol. The van der Waals surface area contributed by atoms with Crippen molar-refractivity contribution < 1.29 is 60.7 Å². The fourth-order valence-electron chi connectivity index (χ4n) is 4.02. The van der Waals surface area contributed by atoms with E-state index < -0.39 is 17.9 Å². The van der Waals surface area contributed by atoms with Crippen molar-refractivity contribution in [1.82, 2.24) is 0 Å². The van der Waals surface area contributed by atoms with Gasteiger partial charge < -0.3 is 0 Å². The molecule has 0 heterocycles. The molecule has 8 heteroatoms. The van der Waals surface area contributed by atoms with E-state index in [1.165, 1.54) is 0 Å². The quantitative estimate of drug-likeness (QED) is 0.359. The van der Waals surface area contributed by atoms with Crippen molar-refractivity contribution in [3.8, 4) is 0 Å². The van der Waals surface area contributed by atoms with Crippen LogP contribution in [0.1, 0.15) is 54.2 Å². The Balaban J connectivity index is 0.00000342. The van der Waals surface area contributed by atoms with Crippen molar-refractivity contribution in [1.29, 1.82) is 0 Å². The SMILES string of the molecule is O=C(O)c1ccc(C2=C[C]([Y])(c3ccc(C(=O)O)cc3)CC(c3ccc(C(=O)O)cc3)=C2)cc1.[In]. The molecule has 3 radical (unpaired) electrons. The number of carboxylic acid groups (broad SMARTS) is 3. The van der Waals surface area contributed by atoms with Crippen LogP contribution in [0, 0.1) is 0 Å². The summed E-state index contributed by atoms with van der Waals surface area (Å²) in [7, 11) is 0. The van der Waals surface area contributed by atoms with Crippen LogP contribution in [-0.4, -0.2) is 59.1 Å². The maximum Gasteiger partial charge on any atom is 0 e. The Morgan fingerprint density at radius 2 is 1.06 bits per heavy atom. The number of aromatic carboxylic acids is 3. The Morgan fingerprint density at radius 3 is 1.49 bits per heavy atom. The molecule has 1 atom stereocenters. The summed E-state index contributed by atoms with van der Waals surface area (Å²) in [6.07, 6.45) is 4.88. The molecule has 4 rings (SSSR count). The molecular weight excluding hydrogens is 624 g/mol. The fourth-order valence-corrected chi connectivity index (χ4v) is 5.47. The first-order valence-corrected chi connectivity index (χ1v) is 11.8. The molecule has 0 aliphatic heterocycles. The van der Waals surface area contributed by atoms with Gasteiger partial charge in [-0.25, -0.2) is 0 Å². The number of benzene rings is 3. The van der Waals surface area contributed by atoms with E-state index in [1.54, 1.807) is 60.7 Å². The third kappa shape index (κ3) is 6.03. The Kier molecular flexibility index (Phi) is 8.57. The number of rotatable bonds is 6. The summed E-state index contributed by atoms with van der Waals surface area (Å²) in [4.78, 5) is 33.8. The molecule has 35 heavy (non-hydrogen) atoms. The van der Waals surface area contributed by atoms with Crippen LogP contribution in [0.4, 0.5) is 0 Å². The number of carboxylic acids is 3. The van der Waals surface area contributed by atoms with Gasteiger partial charge >= 0.3 is 217 Å². The molecule has 0 amide bonds. The minimum absolute atomic E-state index is 0. The summed E-state index contributed by atoms with van der Waals surface area (Å²) in [6.45, 7) is 0. The van der Waals surface area contributed by atoms with Crippen LogP contribution in [0.15, 0.2) is 84.9 Å². The zero-order valence-electron chi connectivity index (χ0n) is 18.5. The van der Waals surface area contributed by atoms with Crippen LogP contribution in [0.3, 0.4) is 0 Å². The van der Waals surface area contributed by atoms with Gasteiger partial charge in [-0.1, -0.05) is 0 Å². The maximum atomic E-state index is 11.3. The smallest absolute Gasteiger partial charge is 0 e. The van der Waals surface area contributed by atoms with Gasteiger partial charge in [0.25, 0.3) is 0 Å². The monoisotopic (exact) mass is 643 g/mol. The standard InChI is InChI=1S/C27H19O6.In.Y/c28-25(29)19-7-1-16(2-8-19)22-13-23(17-3-9-20(10-4-17)26(30)31)15-24(14-22)18-5-11-21(12-6-18)27(32)33;;/h1-14H,15H2,(H,28,29)(H,30,31)(H,32,33);;. The molecule has 3 aromatic carbocycles. The second-order valence-electron chi connectivity index (χ2n) is 8.13. The molecule has 0 saturated heterocycles. The van der Waals surface area contributed by atoms with Crippen molar-refractivity contribution in [2.45, 2.75) is 8.65 Å². The summed E-state index contributed by atoms with van der Waals surface area (Å²) in [5, 5.41) is 27.7. The van der Waals surface area contributed by atoms with Crippen LogP contribution in [0.25, 0.3) is 11.1 Å². The topological polar surface area (TPSA) is 112 Å². The van der Waals surface area contributed by atoms with E-state index in [9.17, 15) is 29.7 Å². The fraction of sp³-hybridized carbons (Fsp3) is 0.0741. The van der Waals surface area contributed by atoms with E-state index in [0.29, 0.717) is 6.42 Å². The molecule has 0 aromatic heterocycles. The minimum Gasteiger partial charge on any atom is 0 e. The summed E-state index contributed by atoms with van der Waals surface area (Å²) < 4.78 is -0.349. The number of hydrogen-bond donors (Lipinski definition) is 3. The third-order valence-electron chi connectivity index (χ3n) is 5.86. The van der Waals surface area contributed by atoms with Gasteiger partial charge in [0.1, 0.15) is 0 Å². The molecule has 1 unspecified atom stereocenters. The Labute approximate surface area is 240 Å². The number of hydrogen-bond acceptors (Lipinski definition) is 3. The average Bonchev–Trinajstić information content (AvgIpc) is 2.84. The van der Waals surface area contributed by atoms with Gasteiger partial charge in [-0.15, -0.1) is 0 Å². The second kappa shape index (κ2) is 11.1. The van der Waals surface area contributed by atoms with Gasteiger partial charge in [-0.05, 0) is 0 Å². The normalized spacial score (nSPS) is 16.9. The van der Waals surface area contributed by atoms with E-state index in [1.807, 2.05) is 18.2 Å². The van der Waals surface area contributed by atoms with Crippen molar-refractivity contribution in [2.24, 2.45) is 0 Å². The Morgan fingerprint density at radius 1 is 0.657 bits per heavy atom. The molecular formula is C27H19InO6Y. The zero-order valence-corrected chi connectivity index (χ0v) is 24.6. The van der Waals surface area contributed by atoms with Crippen LogP contribution in [-0.2, 0) is 33.2 Å². The predicted octanol–water partition coefficient (Wildman–Crippen LogP) is 4.71. The predicted molar refractivity (Wildman–Crippen MR) is 128 cm³/mol. The zero-order chi connectivity index (χ0) is 24.5. The van der Waals surface area contributed by atoms with Crippen molar-refractivity contribution in [3.05, 3.63) is 118 Å².